The Hall–Kier alpha value is -1.77. The summed E-state index contributed by atoms with van der Waals surface area (Å²) in [4.78, 5) is 4.29. The van der Waals surface area contributed by atoms with Gasteiger partial charge in [-0.15, -0.1) is 0 Å². The van der Waals surface area contributed by atoms with Crippen molar-refractivity contribution in [3.63, 3.8) is 0 Å². The third-order valence-electron chi connectivity index (χ3n) is 2.37. The summed E-state index contributed by atoms with van der Waals surface area (Å²) in [5, 5.41) is 5.34. The first-order chi connectivity index (χ1) is 7.72. The number of pyridine rings is 1. The Balaban J connectivity index is 2.63. The number of benzene rings is 1. The van der Waals surface area contributed by atoms with E-state index < -0.39 is 0 Å². The number of nitrogens with one attached hydrogen (secondary N) is 1. The molecule has 2 rings (SSSR count). The predicted molar refractivity (Wildman–Crippen MR) is 67.1 cm³/mol. The van der Waals surface area contributed by atoms with Gasteiger partial charge in [-0.3, -0.25) is 0 Å². The largest absolute Gasteiger partial charge is 0.474 e. The van der Waals surface area contributed by atoms with Crippen LogP contribution in [0.4, 0.5) is 5.69 Å². The molecule has 84 valence electrons. The second kappa shape index (κ2) is 4.39. The van der Waals surface area contributed by atoms with Crippen molar-refractivity contribution >= 4 is 16.5 Å². The van der Waals surface area contributed by atoms with Gasteiger partial charge in [0.05, 0.1) is 11.5 Å². The van der Waals surface area contributed by atoms with Gasteiger partial charge >= 0.3 is 0 Å². The van der Waals surface area contributed by atoms with E-state index in [0.29, 0.717) is 5.88 Å². The number of anilines is 1. The number of hydrogen-bond acceptors (Lipinski definition) is 3. The van der Waals surface area contributed by atoms with E-state index in [1.165, 1.54) is 0 Å². The molecule has 16 heavy (non-hydrogen) atoms. The lowest BCUT2D eigenvalue weighted by Crippen LogP contribution is -2.07. The summed E-state index contributed by atoms with van der Waals surface area (Å²) in [5.41, 5.74) is 1.04. The molecule has 0 saturated carbocycles. The van der Waals surface area contributed by atoms with Crippen LogP contribution < -0.4 is 10.1 Å². The zero-order valence-corrected chi connectivity index (χ0v) is 9.82. The van der Waals surface area contributed by atoms with E-state index in [4.69, 9.17) is 4.74 Å². The molecule has 1 N–H and O–H groups in total. The van der Waals surface area contributed by atoms with E-state index in [9.17, 15) is 0 Å². The van der Waals surface area contributed by atoms with Crippen molar-refractivity contribution in [1.82, 2.24) is 4.98 Å². The summed E-state index contributed by atoms with van der Waals surface area (Å²) in [6.07, 6.45) is 1.91. The molecule has 1 aromatic carbocycles. The van der Waals surface area contributed by atoms with Gasteiger partial charge in [-0.1, -0.05) is 12.1 Å². The van der Waals surface area contributed by atoms with E-state index in [0.717, 1.165) is 16.5 Å². The highest BCUT2D eigenvalue weighted by atomic mass is 16.5. The van der Waals surface area contributed by atoms with Gasteiger partial charge in [0.25, 0.3) is 0 Å². The Morgan fingerprint density at radius 1 is 1.25 bits per heavy atom. The number of rotatable bonds is 3. The Morgan fingerprint density at radius 3 is 2.75 bits per heavy atom. The molecule has 0 unspecified atom stereocenters. The number of fused-ring (bicyclic) bond motifs is 1. The number of aromatic nitrogens is 1. The van der Waals surface area contributed by atoms with E-state index in [1.54, 1.807) is 6.20 Å². The molecule has 0 fully saturated rings. The minimum Gasteiger partial charge on any atom is -0.474 e. The van der Waals surface area contributed by atoms with Crippen LogP contribution in [-0.2, 0) is 0 Å². The van der Waals surface area contributed by atoms with Gasteiger partial charge in [0, 0.05) is 18.9 Å². The third-order valence-corrected chi connectivity index (χ3v) is 2.37. The van der Waals surface area contributed by atoms with Gasteiger partial charge in [0.2, 0.25) is 5.88 Å². The van der Waals surface area contributed by atoms with Gasteiger partial charge in [-0.25, -0.2) is 4.98 Å². The maximum atomic E-state index is 5.72. The fourth-order valence-electron chi connectivity index (χ4n) is 1.72. The fraction of sp³-hybridized carbons (Fsp3) is 0.308. The normalized spacial score (nSPS) is 10.8. The van der Waals surface area contributed by atoms with Crippen molar-refractivity contribution in [2.75, 3.05) is 12.4 Å². The van der Waals surface area contributed by atoms with Crippen molar-refractivity contribution in [1.29, 1.82) is 0 Å². The van der Waals surface area contributed by atoms with Gasteiger partial charge in [-0.2, -0.15) is 0 Å². The van der Waals surface area contributed by atoms with Crippen LogP contribution in [0.15, 0.2) is 30.5 Å². The molecule has 0 aliphatic carbocycles. The van der Waals surface area contributed by atoms with Gasteiger partial charge in [0.1, 0.15) is 0 Å². The summed E-state index contributed by atoms with van der Waals surface area (Å²) in [7, 11) is 1.90. The molecule has 0 atom stereocenters. The Bertz CT molecular complexity index is 489. The van der Waals surface area contributed by atoms with Crippen molar-refractivity contribution in [3.8, 4) is 5.88 Å². The molecule has 0 bridgehead atoms. The highest BCUT2D eigenvalue weighted by molar-refractivity contribution is 5.97. The van der Waals surface area contributed by atoms with Crippen LogP contribution in [0.2, 0.25) is 0 Å². The van der Waals surface area contributed by atoms with E-state index >= 15 is 0 Å². The minimum atomic E-state index is 0.128. The van der Waals surface area contributed by atoms with Gasteiger partial charge in [0.15, 0.2) is 0 Å². The zero-order chi connectivity index (χ0) is 11.5. The number of nitrogens with zero attached hydrogens (tertiary/aromatic N) is 1. The zero-order valence-electron chi connectivity index (χ0n) is 9.82. The molecule has 0 aliphatic heterocycles. The quantitative estimate of drug-likeness (QED) is 0.856. The third kappa shape index (κ3) is 1.94. The second-order valence-corrected chi connectivity index (χ2v) is 3.94. The molecule has 0 aliphatic rings. The smallest absolute Gasteiger partial charge is 0.223 e. The lowest BCUT2D eigenvalue weighted by atomic mass is 10.1. The van der Waals surface area contributed by atoms with E-state index in [-0.39, 0.29) is 6.10 Å². The maximum Gasteiger partial charge on any atom is 0.223 e. The SMILES string of the molecule is CNc1cccc2ccnc(OC(C)C)c12. The van der Waals surface area contributed by atoms with Crippen molar-refractivity contribution in [3.05, 3.63) is 30.5 Å². The molecule has 3 nitrogen and oxygen atoms in total. The second-order valence-electron chi connectivity index (χ2n) is 3.94. The van der Waals surface area contributed by atoms with Crippen LogP contribution >= 0.6 is 0 Å². The van der Waals surface area contributed by atoms with Crippen LogP contribution in [0.1, 0.15) is 13.8 Å². The Kier molecular flexibility index (Phi) is 2.95. The van der Waals surface area contributed by atoms with Crippen LogP contribution in [0, 0.1) is 0 Å². The van der Waals surface area contributed by atoms with Gasteiger partial charge in [-0.05, 0) is 31.4 Å². The monoisotopic (exact) mass is 216 g/mol. The van der Waals surface area contributed by atoms with Crippen LogP contribution in [0.5, 0.6) is 5.88 Å². The van der Waals surface area contributed by atoms with Crippen LogP contribution in [0.25, 0.3) is 10.8 Å². The average Bonchev–Trinajstić information content (AvgIpc) is 2.28. The summed E-state index contributed by atoms with van der Waals surface area (Å²) in [5.74, 6) is 0.692. The predicted octanol–water partition coefficient (Wildman–Crippen LogP) is 3.06. The summed E-state index contributed by atoms with van der Waals surface area (Å²) >= 11 is 0. The standard InChI is InChI=1S/C13H16N2O/c1-9(2)16-13-12-10(7-8-15-13)5-4-6-11(12)14-3/h4-9,14H,1-3H3. The van der Waals surface area contributed by atoms with Crippen molar-refractivity contribution in [2.45, 2.75) is 20.0 Å². The Morgan fingerprint density at radius 2 is 2.06 bits per heavy atom. The minimum absolute atomic E-state index is 0.128. The van der Waals surface area contributed by atoms with Gasteiger partial charge < -0.3 is 10.1 Å². The molecule has 2 aromatic rings. The molecular weight excluding hydrogens is 200 g/mol. The number of hydrogen-bond donors (Lipinski definition) is 1. The summed E-state index contributed by atoms with van der Waals surface area (Å²) < 4.78 is 5.72. The molecule has 0 saturated heterocycles. The van der Waals surface area contributed by atoms with Crippen molar-refractivity contribution in [2.24, 2.45) is 0 Å². The fourth-order valence-corrected chi connectivity index (χ4v) is 1.72. The van der Waals surface area contributed by atoms with E-state index in [2.05, 4.69) is 16.4 Å². The maximum absolute atomic E-state index is 5.72. The van der Waals surface area contributed by atoms with Crippen molar-refractivity contribution < 1.29 is 4.74 Å². The summed E-state index contributed by atoms with van der Waals surface area (Å²) in [6, 6.07) is 8.10. The van der Waals surface area contributed by atoms with E-state index in [1.807, 2.05) is 39.1 Å². The molecule has 1 heterocycles. The highest BCUT2D eigenvalue weighted by Crippen LogP contribution is 2.30. The lowest BCUT2D eigenvalue weighted by molar-refractivity contribution is 0.236. The molecular formula is C13H16N2O. The Labute approximate surface area is 95.5 Å². The summed E-state index contributed by atoms with van der Waals surface area (Å²) in [6.45, 7) is 4.00. The first-order valence-corrected chi connectivity index (χ1v) is 5.44. The highest BCUT2D eigenvalue weighted by Gasteiger charge is 2.08. The molecule has 1 aromatic heterocycles. The average molecular weight is 216 g/mol. The molecule has 0 amide bonds. The molecule has 3 heteroatoms. The van der Waals surface area contributed by atoms with Crippen LogP contribution in [-0.4, -0.2) is 18.1 Å². The first kappa shape index (κ1) is 10.7. The van der Waals surface area contributed by atoms with Crippen LogP contribution in [0.3, 0.4) is 0 Å². The lowest BCUT2D eigenvalue weighted by Gasteiger charge is -2.13. The first-order valence-electron chi connectivity index (χ1n) is 5.44. The topological polar surface area (TPSA) is 34.2 Å². The molecule has 0 radical (unpaired) electrons. The number of ether oxygens (including phenoxy) is 1. The molecule has 0 spiro atoms.